The molecule has 8 unspecified atom stereocenters. The minimum Gasteiger partial charge on any atom is -0.507 e. The molecule has 2 aliphatic carbocycles. The number of phenolic OH excluding ortho intramolecular Hbond substituents is 1. The number of esters is 2. The Morgan fingerprint density at radius 3 is 2.38 bits per heavy atom. The number of carbonyl (C=O) groups is 2. The van der Waals surface area contributed by atoms with Gasteiger partial charge in [0.15, 0.2) is 22.9 Å². The number of nitrogens with two attached hydrogens (primary N) is 1. The number of phenols is 1. The number of cyclic esters (lactones) is 2. The van der Waals surface area contributed by atoms with E-state index < -0.39 is 103 Å². The number of aliphatic hydroxyl groups is 7. The van der Waals surface area contributed by atoms with Gasteiger partial charge in [-0.05, 0) is 46.7 Å². The summed E-state index contributed by atoms with van der Waals surface area (Å²) in [5.74, 6) is -7.22. The summed E-state index contributed by atoms with van der Waals surface area (Å²) < 4.78 is 15.6. The van der Waals surface area contributed by atoms with Crippen LogP contribution in [0.2, 0.25) is 0 Å². The van der Waals surface area contributed by atoms with Crippen LogP contribution in [0.4, 0.5) is 0 Å². The van der Waals surface area contributed by atoms with Gasteiger partial charge in [0, 0.05) is 18.4 Å². The molecular weight excluding hydrogens is 598 g/mol. The number of fused-ring (bicyclic) bond motifs is 4. The zero-order chi connectivity index (χ0) is 32.6. The molecule has 8 atom stereocenters. The van der Waals surface area contributed by atoms with Gasteiger partial charge in [0.2, 0.25) is 0 Å². The first-order chi connectivity index (χ1) is 21.2. The summed E-state index contributed by atoms with van der Waals surface area (Å²) in [5, 5.41) is 83.9. The standard InChI is InChI=1S/C30H33NO14/c31-25-16(10-32)22(36)23(37)24(38)26(44-25)43-4-3-29(27(39)45-28(29)40)9-12-5-11-6-13-8-18(34)20(30(13,41)42)14-1-2-17(33)19(21(12)35)15(14)7-11/h1-2,5-7,16,18,20,22-26,32-34,36-38,41-42H,3-4,8-10,31H2/b13-6+. The van der Waals surface area contributed by atoms with Gasteiger partial charge >= 0.3 is 11.9 Å². The first-order valence-electron chi connectivity index (χ1n) is 14.3. The molecule has 1 saturated carbocycles. The predicted molar refractivity (Wildman–Crippen MR) is 150 cm³/mol. The maximum Gasteiger partial charge on any atom is 0.331 e. The maximum atomic E-state index is 13.9. The Balaban J connectivity index is 1.35. The molecule has 0 radical (unpaired) electrons. The van der Waals surface area contributed by atoms with Crippen molar-refractivity contribution in [2.24, 2.45) is 17.1 Å². The van der Waals surface area contributed by atoms with E-state index in [4.69, 9.17) is 15.2 Å². The van der Waals surface area contributed by atoms with E-state index in [1.54, 1.807) is 6.07 Å². The molecule has 6 rings (SSSR count). The maximum absolute atomic E-state index is 13.9. The van der Waals surface area contributed by atoms with Crippen LogP contribution in [0.1, 0.15) is 35.4 Å². The Morgan fingerprint density at radius 1 is 1.00 bits per heavy atom. The fraction of sp³-hybridized carbons (Fsp3) is 0.500. The molecule has 2 heterocycles. The number of aromatic hydroxyl groups is 1. The third kappa shape index (κ3) is 4.87. The summed E-state index contributed by atoms with van der Waals surface area (Å²) in [5.41, 5.74) is 3.63. The van der Waals surface area contributed by atoms with E-state index in [2.05, 4.69) is 4.74 Å². The number of carbonyl (C=O) groups excluding carboxylic acids is 2. The normalized spacial score (nSPS) is 34.4. The Labute approximate surface area is 254 Å². The molecule has 0 aromatic heterocycles. The molecule has 242 valence electrons. The van der Waals surface area contributed by atoms with Crippen LogP contribution in [0.25, 0.3) is 16.8 Å². The second kappa shape index (κ2) is 11.2. The minimum absolute atomic E-state index is 0.0784. The molecule has 0 amide bonds. The van der Waals surface area contributed by atoms with Gasteiger partial charge < -0.3 is 60.8 Å². The highest BCUT2D eigenvalue weighted by molar-refractivity contribution is 6.14. The Morgan fingerprint density at radius 2 is 1.71 bits per heavy atom. The minimum atomic E-state index is -2.45. The molecule has 3 fully saturated rings. The molecule has 2 aromatic rings. The van der Waals surface area contributed by atoms with Crippen molar-refractivity contribution in [3.05, 3.63) is 56.8 Å². The van der Waals surface area contributed by atoms with Crippen LogP contribution < -0.4 is 11.2 Å². The van der Waals surface area contributed by atoms with E-state index in [-0.39, 0.29) is 45.9 Å². The Bertz CT molecular complexity index is 1640. The summed E-state index contributed by atoms with van der Waals surface area (Å²) in [7, 11) is 0. The molecular formula is C30H33NO14. The highest BCUT2D eigenvalue weighted by Gasteiger charge is 2.59. The lowest BCUT2D eigenvalue weighted by Gasteiger charge is -2.36. The fourth-order valence-corrected chi connectivity index (χ4v) is 6.82. The third-order valence-corrected chi connectivity index (χ3v) is 9.44. The average Bonchev–Trinajstić information content (AvgIpc) is 3.09. The van der Waals surface area contributed by atoms with Gasteiger partial charge in [-0.2, -0.15) is 0 Å². The molecule has 4 bridgehead atoms. The topological polar surface area (TPSA) is 267 Å². The van der Waals surface area contributed by atoms with Gasteiger partial charge in [-0.3, -0.25) is 14.4 Å². The zero-order valence-electron chi connectivity index (χ0n) is 23.6. The number of ether oxygens (including phenoxy) is 3. The summed E-state index contributed by atoms with van der Waals surface area (Å²) >= 11 is 0. The molecule has 2 saturated heterocycles. The Kier molecular flexibility index (Phi) is 7.85. The summed E-state index contributed by atoms with van der Waals surface area (Å²) in [6, 6.07) is 5.48. The van der Waals surface area contributed by atoms with E-state index in [9.17, 15) is 55.2 Å². The van der Waals surface area contributed by atoms with Crippen LogP contribution in [-0.2, 0) is 30.2 Å². The highest BCUT2D eigenvalue weighted by atomic mass is 16.7. The number of rotatable bonds is 7. The van der Waals surface area contributed by atoms with Gasteiger partial charge in [0.1, 0.15) is 24.2 Å². The number of hydrogen-bond donors (Lipinski definition) is 9. The molecule has 15 heteroatoms. The van der Waals surface area contributed by atoms with Crippen molar-refractivity contribution in [3.8, 4) is 5.75 Å². The smallest absolute Gasteiger partial charge is 0.331 e. The second-order valence-electron chi connectivity index (χ2n) is 12.1. The van der Waals surface area contributed by atoms with E-state index >= 15 is 0 Å². The van der Waals surface area contributed by atoms with Crippen LogP contribution in [0.5, 0.6) is 5.75 Å². The zero-order valence-corrected chi connectivity index (χ0v) is 23.6. The predicted octanol–water partition coefficient (Wildman–Crippen LogP) is -2.82. The average molecular weight is 632 g/mol. The molecule has 10 N–H and O–H groups in total. The van der Waals surface area contributed by atoms with E-state index in [1.165, 1.54) is 24.3 Å². The first-order valence-corrected chi connectivity index (χ1v) is 14.3. The highest BCUT2D eigenvalue weighted by Crippen LogP contribution is 2.49. The van der Waals surface area contributed by atoms with Crippen LogP contribution >= 0.6 is 0 Å². The fourth-order valence-electron chi connectivity index (χ4n) is 6.82. The van der Waals surface area contributed by atoms with Crippen molar-refractivity contribution < 1.29 is 64.7 Å². The summed E-state index contributed by atoms with van der Waals surface area (Å²) in [6.45, 7) is -1.13. The first kappa shape index (κ1) is 31.6. The van der Waals surface area contributed by atoms with Gasteiger partial charge in [-0.1, -0.05) is 12.1 Å². The van der Waals surface area contributed by atoms with E-state index in [0.29, 0.717) is 0 Å². The van der Waals surface area contributed by atoms with Crippen molar-refractivity contribution in [2.45, 2.75) is 67.9 Å². The Hall–Kier alpha value is -3.35. The van der Waals surface area contributed by atoms with Gasteiger partial charge in [0.05, 0.1) is 42.6 Å². The quantitative estimate of drug-likeness (QED) is 0.0848. The van der Waals surface area contributed by atoms with Crippen LogP contribution in [-0.4, -0.2) is 109 Å². The third-order valence-electron chi connectivity index (χ3n) is 9.44. The number of hydrogen-bond acceptors (Lipinski definition) is 15. The second-order valence-corrected chi connectivity index (χ2v) is 12.1. The SMILES string of the molecule is NC1OC(OCCC2(Cc3cc4cc5c(ccc(O)c5c3=O)C3C(O)C/C(=C\4)C3(O)O)C(=O)OC2=O)C(O)C(O)C(O)C1CO. The van der Waals surface area contributed by atoms with Crippen molar-refractivity contribution in [1.82, 2.24) is 0 Å². The molecule has 4 aliphatic rings. The van der Waals surface area contributed by atoms with E-state index in [1.807, 2.05) is 0 Å². The summed E-state index contributed by atoms with van der Waals surface area (Å²) in [6.07, 6.45) is -9.05. The lowest BCUT2D eigenvalue weighted by atomic mass is 9.75. The van der Waals surface area contributed by atoms with Crippen LogP contribution in [0.15, 0.2) is 34.6 Å². The largest absolute Gasteiger partial charge is 0.507 e. The van der Waals surface area contributed by atoms with Crippen molar-refractivity contribution >= 4 is 28.8 Å². The van der Waals surface area contributed by atoms with Crippen molar-refractivity contribution in [1.29, 1.82) is 0 Å². The molecule has 0 spiro atoms. The van der Waals surface area contributed by atoms with Gasteiger partial charge in [-0.15, -0.1) is 0 Å². The van der Waals surface area contributed by atoms with E-state index in [0.717, 1.165) is 0 Å². The van der Waals surface area contributed by atoms with Crippen LogP contribution in [0, 0.1) is 11.3 Å². The van der Waals surface area contributed by atoms with Crippen molar-refractivity contribution in [3.63, 3.8) is 0 Å². The van der Waals surface area contributed by atoms with Gasteiger partial charge in [0.25, 0.3) is 0 Å². The number of benzene rings is 1. The monoisotopic (exact) mass is 631 g/mol. The van der Waals surface area contributed by atoms with Crippen LogP contribution in [0.3, 0.4) is 0 Å². The molecule has 45 heavy (non-hydrogen) atoms. The molecule has 2 aliphatic heterocycles. The lowest BCUT2D eigenvalue weighted by molar-refractivity contribution is -0.231. The molecule has 15 nitrogen and oxygen atoms in total. The lowest BCUT2D eigenvalue weighted by Crippen LogP contribution is -2.56. The molecule has 2 aromatic carbocycles. The van der Waals surface area contributed by atoms with Gasteiger partial charge in [-0.25, -0.2) is 0 Å². The van der Waals surface area contributed by atoms with Crippen molar-refractivity contribution in [2.75, 3.05) is 13.2 Å². The number of aliphatic hydroxyl groups excluding tert-OH is 5. The summed E-state index contributed by atoms with van der Waals surface area (Å²) in [4.78, 5) is 39.7.